The monoisotopic (exact) mass is 164 g/mol. The van der Waals surface area contributed by atoms with Crippen molar-refractivity contribution in [3.05, 3.63) is 24.3 Å². The molecule has 1 rings (SSSR count). The molecule has 0 saturated carbocycles. The summed E-state index contributed by atoms with van der Waals surface area (Å²) in [6.45, 7) is 0. The third-order valence-electron chi connectivity index (χ3n) is 1.07. The minimum absolute atomic E-state index is 0.373. The van der Waals surface area contributed by atoms with Crippen LogP contribution in [0.2, 0.25) is 5.54 Å². The Hall–Kier alpha value is 0.277. The molecule has 3 heteroatoms. The van der Waals surface area contributed by atoms with Gasteiger partial charge in [-0.1, -0.05) is 24.3 Å². The van der Waals surface area contributed by atoms with E-state index in [2.05, 4.69) is 0 Å². The highest BCUT2D eigenvalue weighted by Gasteiger charge is 2.13. The number of hydrogen-bond acceptors (Lipinski definition) is 0. The molecule has 0 aliphatic heterocycles. The average Bonchev–Trinajstić information content (AvgIpc) is 2.12. The molecule has 44 valence electrons. The Labute approximate surface area is 59.8 Å². The predicted octanol–water partition coefficient (Wildman–Crippen LogP) is 2.18. The smallest absolute Gasteiger partial charge is 0.149 e. The Bertz CT molecular complexity index is 116. The number of halogens is 2. The van der Waals surface area contributed by atoms with E-state index in [4.69, 9.17) is 22.2 Å². The molecule has 1 aliphatic carbocycles. The van der Waals surface area contributed by atoms with E-state index in [9.17, 15) is 0 Å². The first kappa shape index (κ1) is 6.40. The van der Waals surface area contributed by atoms with E-state index in [0.717, 1.165) is 0 Å². The molecule has 0 bridgehead atoms. The van der Waals surface area contributed by atoms with E-state index in [-0.39, 0.29) is 0 Å². The molecular formula is C5H6Cl2Si. The van der Waals surface area contributed by atoms with E-state index in [0.29, 0.717) is 5.54 Å². The molecule has 0 spiro atoms. The van der Waals surface area contributed by atoms with Crippen LogP contribution in [-0.2, 0) is 0 Å². The number of hydrogen-bond donors (Lipinski definition) is 0. The molecule has 0 aromatic heterocycles. The van der Waals surface area contributed by atoms with E-state index >= 15 is 0 Å². The highest BCUT2D eigenvalue weighted by Crippen LogP contribution is 2.23. The molecule has 0 aromatic rings. The zero-order chi connectivity index (χ0) is 5.98. The Morgan fingerprint density at radius 2 is 1.62 bits per heavy atom. The van der Waals surface area contributed by atoms with Crippen LogP contribution in [0.25, 0.3) is 0 Å². The minimum Gasteiger partial charge on any atom is -0.149 e. The molecule has 0 aromatic carbocycles. The molecule has 1 aliphatic rings. The summed E-state index contributed by atoms with van der Waals surface area (Å²) in [5, 5.41) is 0. The van der Waals surface area contributed by atoms with Crippen molar-refractivity contribution in [1.82, 2.24) is 0 Å². The third kappa shape index (κ3) is 1.37. The van der Waals surface area contributed by atoms with Gasteiger partial charge in [-0.25, -0.2) is 0 Å². The first-order chi connectivity index (χ1) is 3.80. The third-order valence-corrected chi connectivity index (χ3v) is 3.84. The van der Waals surface area contributed by atoms with Crippen LogP contribution in [0.3, 0.4) is 0 Å². The molecule has 0 atom stereocenters. The fourth-order valence-corrected chi connectivity index (χ4v) is 2.22. The van der Waals surface area contributed by atoms with E-state index < -0.39 is 7.42 Å². The van der Waals surface area contributed by atoms with Gasteiger partial charge in [-0.05, 0) is 0 Å². The van der Waals surface area contributed by atoms with Crippen LogP contribution >= 0.6 is 22.2 Å². The number of rotatable bonds is 1. The Morgan fingerprint density at radius 3 is 1.88 bits per heavy atom. The van der Waals surface area contributed by atoms with Crippen LogP contribution in [0.4, 0.5) is 0 Å². The standard InChI is InChI=1S/C5H6Cl2Si/c6-8(7)5-3-1-2-4-5/h1-5,8H. The van der Waals surface area contributed by atoms with Crippen molar-refractivity contribution in [3.8, 4) is 0 Å². The maximum atomic E-state index is 5.69. The van der Waals surface area contributed by atoms with Crippen LogP contribution in [0.15, 0.2) is 24.3 Å². The van der Waals surface area contributed by atoms with Crippen molar-refractivity contribution in [1.29, 1.82) is 0 Å². The summed E-state index contributed by atoms with van der Waals surface area (Å²) in [6, 6.07) is 0. The van der Waals surface area contributed by atoms with Gasteiger partial charge in [-0.3, -0.25) is 0 Å². The first-order valence-electron chi connectivity index (χ1n) is 2.44. The Balaban J connectivity index is 2.49. The highest BCUT2D eigenvalue weighted by atomic mass is 35.7. The van der Waals surface area contributed by atoms with Gasteiger partial charge in [-0.2, -0.15) is 0 Å². The summed E-state index contributed by atoms with van der Waals surface area (Å²) in [7, 11) is -1.45. The van der Waals surface area contributed by atoms with E-state index in [1.807, 2.05) is 24.3 Å². The lowest BCUT2D eigenvalue weighted by Crippen LogP contribution is -1.98. The molecule has 0 unspecified atom stereocenters. The fourth-order valence-electron chi connectivity index (χ4n) is 0.617. The van der Waals surface area contributed by atoms with Gasteiger partial charge in [0, 0.05) is 5.54 Å². The lowest BCUT2D eigenvalue weighted by molar-refractivity contribution is 1.41. The van der Waals surface area contributed by atoms with Crippen LogP contribution in [0, 0.1) is 0 Å². The van der Waals surface area contributed by atoms with Gasteiger partial charge >= 0.3 is 0 Å². The normalized spacial score (nSPS) is 18.9. The van der Waals surface area contributed by atoms with Crippen LogP contribution in [0.1, 0.15) is 0 Å². The van der Waals surface area contributed by atoms with Gasteiger partial charge in [0.2, 0.25) is 7.42 Å². The second-order valence-electron chi connectivity index (χ2n) is 1.68. The molecule has 0 nitrogen and oxygen atoms in total. The average molecular weight is 165 g/mol. The van der Waals surface area contributed by atoms with Crippen molar-refractivity contribution in [2.24, 2.45) is 0 Å². The van der Waals surface area contributed by atoms with Crippen LogP contribution in [-0.4, -0.2) is 7.42 Å². The molecular weight excluding hydrogens is 159 g/mol. The Kier molecular flexibility index (Phi) is 2.17. The van der Waals surface area contributed by atoms with Crippen molar-refractivity contribution in [2.75, 3.05) is 0 Å². The minimum atomic E-state index is -1.45. The molecule has 0 N–H and O–H groups in total. The van der Waals surface area contributed by atoms with Crippen molar-refractivity contribution in [3.63, 3.8) is 0 Å². The molecule has 0 amide bonds. The molecule has 0 radical (unpaired) electrons. The predicted molar refractivity (Wildman–Crippen MR) is 40.9 cm³/mol. The maximum absolute atomic E-state index is 5.69. The quantitative estimate of drug-likeness (QED) is 0.412. The summed E-state index contributed by atoms with van der Waals surface area (Å²) in [5.74, 6) is 0. The Morgan fingerprint density at radius 1 is 1.12 bits per heavy atom. The first-order valence-corrected chi connectivity index (χ1v) is 6.59. The zero-order valence-electron chi connectivity index (χ0n) is 4.22. The van der Waals surface area contributed by atoms with Crippen molar-refractivity contribution in [2.45, 2.75) is 5.54 Å². The summed E-state index contributed by atoms with van der Waals surface area (Å²) in [4.78, 5) is 0. The van der Waals surface area contributed by atoms with Gasteiger partial charge in [0.1, 0.15) is 0 Å². The van der Waals surface area contributed by atoms with Gasteiger partial charge in [0.05, 0.1) is 0 Å². The van der Waals surface area contributed by atoms with Crippen molar-refractivity contribution >= 4 is 29.6 Å². The molecule has 0 saturated heterocycles. The van der Waals surface area contributed by atoms with Gasteiger partial charge in [0.25, 0.3) is 0 Å². The zero-order valence-corrected chi connectivity index (χ0v) is 6.89. The summed E-state index contributed by atoms with van der Waals surface area (Å²) >= 11 is 11.4. The van der Waals surface area contributed by atoms with Crippen LogP contribution in [0.5, 0.6) is 0 Å². The second kappa shape index (κ2) is 2.71. The van der Waals surface area contributed by atoms with Crippen LogP contribution < -0.4 is 0 Å². The lowest BCUT2D eigenvalue weighted by Gasteiger charge is -1.99. The fraction of sp³-hybridized carbons (Fsp3) is 0.200. The van der Waals surface area contributed by atoms with Gasteiger partial charge < -0.3 is 0 Å². The molecule has 0 heterocycles. The van der Waals surface area contributed by atoms with Crippen molar-refractivity contribution < 1.29 is 0 Å². The summed E-state index contributed by atoms with van der Waals surface area (Å²) < 4.78 is 0. The van der Waals surface area contributed by atoms with E-state index in [1.54, 1.807) is 0 Å². The maximum Gasteiger partial charge on any atom is 0.247 e. The SMILES string of the molecule is Cl[SiH](Cl)C1C=CC=C1. The topological polar surface area (TPSA) is 0 Å². The highest BCUT2D eigenvalue weighted by molar-refractivity contribution is 7.34. The summed E-state index contributed by atoms with van der Waals surface area (Å²) in [6.07, 6.45) is 8.04. The lowest BCUT2D eigenvalue weighted by atomic mass is 10.5. The number of allylic oxidation sites excluding steroid dienone is 4. The van der Waals surface area contributed by atoms with E-state index in [1.165, 1.54) is 0 Å². The molecule has 8 heavy (non-hydrogen) atoms. The second-order valence-corrected chi connectivity index (χ2v) is 6.61. The summed E-state index contributed by atoms with van der Waals surface area (Å²) in [5.41, 5.74) is 0.373. The van der Waals surface area contributed by atoms with Gasteiger partial charge in [-0.15, -0.1) is 22.2 Å². The molecule has 0 fully saturated rings. The van der Waals surface area contributed by atoms with Gasteiger partial charge in [0.15, 0.2) is 0 Å². The largest absolute Gasteiger partial charge is 0.247 e.